The molecule has 0 amide bonds. The largest absolute Gasteiger partial charge is 0.506 e. The number of hydrogen-bond acceptors (Lipinski definition) is 2. The molecule has 0 radical (unpaired) electrons. The molecule has 0 aliphatic heterocycles. The second-order valence-corrected chi connectivity index (χ2v) is 1.83. The average Bonchev–Trinajstić information content (AvgIpc) is 1.84. The summed E-state index contributed by atoms with van der Waals surface area (Å²) in [6, 6.07) is 1.36. The molecule has 0 fully saturated rings. The molecule has 0 saturated carbocycles. The zero-order valence-corrected chi connectivity index (χ0v) is 6.16. The Hall–Kier alpha value is -1.03. The molecule has 0 spiro atoms. The molecule has 2 nitrogen and oxygen atoms in total. The van der Waals surface area contributed by atoms with Crippen molar-refractivity contribution < 1.29 is 13.9 Å². The van der Waals surface area contributed by atoms with E-state index >= 15 is 0 Å². The summed E-state index contributed by atoms with van der Waals surface area (Å²) in [6.45, 7) is 0. The molecule has 0 aliphatic rings. The van der Waals surface area contributed by atoms with Crippen molar-refractivity contribution in [1.29, 1.82) is 0 Å². The summed E-state index contributed by atoms with van der Waals surface area (Å²) < 4.78 is 24.4. The van der Waals surface area contributed by atoms with Gasteiger partial charge in [-0.2, -0.15) is 0 Å². The lowest BCUT2D eigenvalue weighted by Gasteiger charge is -1.97. The highest BCUT2D eigenvalue weighted by molar-refractivity contribution is 5.85. The molecule has 11 heavy (non-hydrogen) atoms. The van der Waals surface area contributed by atoms with Crippen LogP contribution in [0.25, 0.3) is 0 Å². The quantitative estimate of drug-likeness (QED) is 0.473. The van der Waals surface area contributed by atoms with Crippen LogP contribution in [0.4, 0.5) is 14.5 Å². The lowest BCUT2D eigenvalue weighted by Crippen LogP contribution is -1.90. The highest BCUT2D eigenvalue weighted by Crippen LogP contribution is 2.22. The van der Waals surface area contributed by atoms with E-state index in [0.29, 0.717) is 6.07 Å². The first kappa shape index (κ1) is 9.97. The third kappa shape index (κ3) is 1.94. The summed E-state index contributed by atoms with van der Waals surface area (Å²) in [5, 5.41) is 8.69. The van der Waals surface area contributed by atoms with Crippen LogP contribution >= 0.6 is 12.4 Å². The maximum atomic E-state index is 12.2. The van der Waals surface area contributed by atoms with Crippen LogP contribution in [0.5, 0.6) is 5.75 Å². The summed E-state index contributed by atoms with van der Waals surface area (Å²) in [6.07, 6.45) is 0. The van der Waals surface area contributed by atoms with Gasteiger partial charge in [-0.1, -0.05) is 0 Å². The zero-order chi connectivity index (χ0) is 7.72. The predicted octanol–water partition coefficient (Wildman–Crippen LogP) is 1.67. The molecule has 62 valence electrons. The van der Waals surface area contributed by atoms with E-state index in [1.807, 2.05) is 0 Å². The van der Waals surface area contributed by atoms with Crippen molar-refractivity contribution in [3.63, 3.8) is 0 Å². The minimum Gasteiger partial charge on any atom is -0.506 e. The summed E-state index contributed by atoms with van der Waals surface area (Å²) in [5.74, 6) is -2.61. The van der Waals surface area contributed by atoms with Crippen LogP contribution in [-0.2, 0) is 0 Å². The van der Waals surface area contributed by atoms with E-state index in [1.54, 1.807) is 0 Å². The molecule has 3 N–H and O–H groups in total. The molecule has 0 unspecified atom stereocenters. The Morgan fingerprint density at radius 2 is 1.64 bits per heavy atom. The van der Waals surface area contributed by atoms with Gasteiger partial charge in [0.05, 0.1) is 5.69 Å². The lowest BCUT2D eigenvalue weighted by molar-refractivity contribution is 0.457. The van der Waals surface area contributed by atoms with Gasteiger partial charge in [0.25, 0.3) is 0 Å². The minimum atomic E-state index is -1.10. The van der Waals surface area contributed by atoms with E-state index in [0.717, 1.165) is 6.07 Å². The number of phenols is 1. The Kier molecular flexibility index (Phi) is 3.07. The van der Waals surface area contributed by atoms with Crippen molar-refractivity contribution in [1.82, 2.24) is 0 Å². The van der Waals surface area contributed by atoms with Crippen molar-refractivity contribution in [2.45, 2.75) is 0 Å². The molecular formula is C6H6ClF2NO. The van der Waals surface area contributed by atoms with Crippen LogP contribution in [0.15, 0.2) is 12.1 Å². The summed E-state index contributed by atoms with van der Waals surface area (Å²) in [4.78, 5) is 0. The molecule has 0 bridgehead atoms. The number of hydrogen-bond donors (Lipinski definition) is 2. The predicted molar refractivity (Wildman–Crippen MR) is 39.7 cm³/mol. The maximum absolute atomic E-state index is 12.2. The van der Waals surface area contributed by atoms with Gasteiger partial charge in [0.1, 0.15) is 5.75 Å². The molecule has 1 aromatic carbocycles. The number of nitrogen functional groups attached to an aromatic ring is 1. The Balaban J connectivity index is 0.000001000. The van der Waals surface area contributed by atoms with Crippen LogP contribution in [0.1, 0.15) is 0 Å². The first-order valence-electron chi connectivity index (χ1n) is 2.54. The fraction of sp³-hybridized carbons (Fsp3) is 0. The van der Waals surface area contributed by atoms with Gasteiger partial charge >= 0.3 is 0 Å². The molecule has 0 atom stereocenters. The van der Waals surface area contributed by atoms with Crippen molar-refractivity contribution in [2.24, 2.45) is 0 Å². The molecule has 0 aromatic heterocycles. The fourth-order valence-corrected chi connectivity index (χ4v) is 0.552. The minimum absolute atomic E-state index is 0. The van der Waals surface area contributed by atoms with Gasteiger partial charge in [0.15, 0.2) is 11.6 Å². The van der Waals surface area contributed by atoms with Crippen molar-refractivity contribution in [3.8, 4) is 5.75 Å². The van der Waals surface area contributed by atoms with Crippen LogP contribution in [0.2, 0.25) is 0 Å². The highest BCUT2D eigenvalue weighted by Gasteiger charge is 2.04. The van der Waals surface area contributed by atoms with E-state index in [-0.39, 0.29) is 18.1 Å². The van der Waals surface area contributed by atoms with Gasteiger partial charge in [0.2, 0.25) is 0 Å². The monoisotopic (exact) mass is 181 g/mol. The Morgan fingerprint density at radius 1 is 1.18 bits per heavy atom. The second-order valence-electron chi connectivity index (χ2n) is 1.83. The van der Waals surface area contributed by atoms with E-state index in [1.165, 1.54) is 0 Å². The Bertz CT molecular complexity index is 217. The average molecular weight is 182 g/mol. The topological polar surface area (TPSA) is 46.2 Å². The van der Waals surface area contributed by atoms with Gasteiger partial charge < -0.3 is 10.8 Å². The Labute approximate surface area is 68.0 Å². The summed E-state index contributed by atoms with van der Waals surface area (Å²) in [7, 11) is 0. The number of aromatic hydroxyl groups is 1. The lowest BCUT2D eigenvalue weighted by atomic mass is 10.3. The van der Waals surface area contributed by atoms with Gasteiger partial charge in [-0.25, -0.2) is 8.78 Å². The van der Waals surface area contributed by atoms with Gasteiger partial charge in [-0.05, 0) is 0 Å². The first-order chi connectivity index (χ1) is 4.61. The molecule has 1 rings (SSSR count). The SMILES string of the molecule is Cl.Nc1cc(F)c(F)cc1O. The first-order valence-corrected chi connectivity index (χ1v) is 2.54. The fourth-order valence-electron chi connectivity index (χ4n) is 0.552. The van der Waals surface area contributed by atoms with Crippen LogP contribution in [0, 0.1) is 11.6 Å². The number of phenolic OH excluding ortho intramolecular Hbond substituents is 1. The van der Waals surface area contributed by atoms with Gasteiger partial charge in [0, 0.05) is 12.1 Å². The van der Waals surface area contributed by atoms with E-state index in [2.05, 4.69) is 0 Å². The van der Waals surface area contributed by atoms with Crippen LogP contribution < -0.4 is 5.73 Å². The molecule has 1 aromatic rings. The molecule has 5 heteroatoms. The van der Waals surface area contributed by atoms with Crippen LogP contribution in [0.3, 0.4) is 0 Å². The second kappa shape index (κ2) is 3.39. The smallest absolute Gasteiger partial charge is 0.162 e. The molecule has 0 saturated heterocycles. The number of rotatable bonds is 0. The number of nitrogens with two attached hydrogens (primary N) is 1. The molecule has 0 heterocycles. The van der Waals surface area contributed by atoms with E-state index in [9.17, 15) is 8.78 Å². The van der Waals surface area contributed by atoms with Gasteiger partial charge in [-0.15, -0.1) is 12.4 Å². The van der Waals surface area contributed by atoms with E-state index in [4.69, 9.17) is 10.8 Å². The molecular weight excluding hydrogens is 176 g/mol. The summed E-state index contributed by atoms with van der Waals surface area (Å²) >= 11 is 0. The zero-order valence-electron chi connectivity index (χ0n) is 5.34. The number of halogens is 3. The normalized spacial score (nSPS) is 8.91. The number of benzene rings is 1. The van der Waals surface area contributed by atoms with Crippen molar-refractivity contribution >= 4 is 18.1 Å². The third-order valence-corrected chi connectivity index (χ3v) is 1.07. The third-order valence-electron chi connectivity index (χ3n) is 1.07. The van der Waals surface area contributed by atoms with Crippen molar-refractivity contribution in [2.75, 3.05) is 5.73 Å². The van der Waals surface area contributed by atoms with Crippen LogP contribution in [-0.4, -0.2) is 5.11 Å². The highest BCUT2D eigenvalue weighted by atomic mass is 35.5. The summed E-state index contributed by atoms with van der Waals surface area (Å²) in [5.41, 5.74) is 4.87. The van der Waals surface area contributed by atoms with Crippen molar-refractivity contribution in [3.05, 3.63) is 23.8 Å². The maximum Gasteiger partial charge on any atom is 0.162 e. The Morgan fingerprint density at radius 3 is 2.09 bits per heavy atom. The standard InChI is InChI=1S/C6H5F2NO.ClH/c7-3-1-5(9)6(10)2-4(3)8;/h1-2,10H,9H2;1H. The van der Waals surface area contributed by atoms with Gasteiger partial charge in [-0.3, -0.25) is 0 Å². The molecule has 0 aliphatic carbocycles. The van der Waals surface area contributed by atoms with E-state index < -0.39 is 17.4 Å². The number of anilines is 1.